The monoisotopic (exact) mass is 272 g/mol. The zero-order valence-corrected chi connectivity index (χ0v) is 10.7. The van der Waals surface area contributed by atoms with Crippen molar-refractivity contribution >= 4 is 17.3 Å². The summed E-state index contributed by atoms with van der Waals surface area (Å²) in [5.41, 5.74) is 0.257. The minimum atomic E-state index is -0.598. The van der Waals surface area contributed by atoms with Gasteiger partial charge in [0.05, 0.1) is 12.0 Å². The van der Waals surface area contributed by atoms with Gasteiger partial charge in [0.1, 0.15) is 11.3 Å². The summed E-state index contributed by atoms with van der Waals surface area (Å²) < 4.78 is 4.99. The summed E-state index contributed by atoms with van der Waals surface area (Å²) in [4.78, 5) is 22.5. The van der Waals surface area contributed by atoms with Gasteiger partial charge in [-0.3, -0.25) is 14.9 Å². The van der Waals surface area contributed by atoms with Crippen molar-refractivity contribution in [2.75, 3.05) is 12.4 Å². The van der Waals surface area contributed by atoms with E-state index in [1.54, 1.807) is 24.3 Å². The molecule has 2 rings (SSSR count). The van der Waals surface area contributed by atoms with Crippen LogP contribution < -0.4 is 10.1 Å². The Labute approximate surface area is 115 Å². The number of amides is 1. The molecule has 1 amide bonds. The van der Waals surface area contributed by atoms with Crippen molar-refractivity contribution in [2.45, 2.75) is 0 Å². The van der Waals surface area contributed by atoms with Crippen molar-refractivity contribution in [1.82, 2.24) is 0 Å². The van der Waals surface area contributed by atoms with Gasteiger partial charge in [0.15, 0.2) is 0 Å². The van der Waals surface area contributed by atoms with Gasteiger partial charge in [-0.25, -0.2) is 0 Å². The van der Waals surface area contributed by atoms with Gasteiger partial charge in [-0.05, 0) is 24.3 Å². The van der Waals surface area contributed by atoms with E-state index < -0.39 is 10.8 Å². The van der Waals surface area contributed by atoms with Crippen LogP contribution >= 0.6 is 0 Å². The highest BCUT2D eigenvalue weighted by Gasteiger charge is 2.21. The smallest absolute Gasteiger partial charge is 0.282 e. The van der Waals surface area contributed by atoms with E-state index in [2.05, 4.69) is 5.32 Å². The van der Waals surface area contributed by atoms with E-state index >= 15 is 0 Å². The Morgan fingerprint density at radius 1 is 1.20 bits per heavy atom. The minimum Gasteiger partial charge on any atom is -0.497 e. The number of carbonyl (C=O) groups is 1. The highest BCUT2D eigenvalue weighted by Crippen LogP contribution is 2.24. The second-order valence-electron chi connectivity index (χ2n) is 3.96. The Bertz CT molecular complexity index is 641. The van der Waals surface area contributed by atoms with Gasteiger partial charge in [-0.1, -0.05) is 18.2 Å². The number of benzene rings is 2. The first-order chi connectivity index (χ1) is 9.61. The molecule has 0 aromatic heterocycles. The van der Waals surface area contributed by atoms with Crippen molar-refractivity contribution < 1.29 is 14.5 Å². The first-order valence-corrected chi connectivity index (χ1v) is 5.80. The van der Waals surface area contributed by atoms with Gasteiger partial charge in [-0.2, -0.15) is 0 Å². The number of rotatable bonds is 4. The van der Waals surface area contributed by atoms with Crippen molar-refractivity contribution in [1.29, 1.82) is 0 Å². The number of hydrogen-bond donors (Lipinski definition) is 1. The standard InChI is InChI=1S/C14H12N2O4/c1-20-11-7-8-13(16(18)19)12(9-11)14(17)15-10-5-3-2-4-6-10/h2-9H,1H3,(H,15,17). The van der Waals surface area contributed by atoms with Crippen LogP contribution in [0.5, 0.6) is 5.75 Å². The molecule has 2 aromatic carbocycles. The summed E-state index contributed by atoms with van der Waals surface area (Å²) in [6, 6.07) is 12.8. The summed E-state index contributed by atoms with van der Waals surface area (Å²) in [6.45, 7) is 0. The fourth-order valence-corrected chi connectivity index (χ4v) is 1.70. The van der Waals surface area contributed by atoms with Gasteiger partial charge in [-0.15, -0.1) is 0 Å². The second kappa shape index (κ2) is 5.83. The number of ether oxygens (including phenoxy) is 1. The number of carbonyl (C=O) groups excluding carboxylic acids is 1. The quantitative estimate of drug-likeness (QED) is 0.685. The molecule has 0 heterocycles. The highest BCUT2D eigenvalue weighted by molar-refractivity contribution is 6.07. The van der Waals surface area contributed by atoms with Gasteiger partial charge < -0.3 is 10.1 Å². The minimum absolute atomic E-state index is 0.0433. The fraction of sp³-hybridized carbons (Fsp3) is 0.0714. The average molecular weight is 272 g/mol. The molecule has 0 bridgehead atoms. The lowest BCUT2D eigenvalue weighted by molar-refractivity contribution is -0.385. The Balaban J connectivity index is 2.35. The third kappa shape index (κ3) is 2.92. The lowest BCUT2D eigenvalue weighted by Gasteiger charge is -2.07. The van der Waals surface area contributed by atoms with E-state index in [-0.39, 0.29) is 11.3 Å². The molecule has 0 fully saturated rings. The van der Waals surface area contributed by atoms with Crippen LogP contribution in [-0.4, -0.2) is 17.9 Å². The zero-order valence-electron chi connectivity index (χ0n) is 10.7. The van der Waals surface area contributed by atoms with Gasteiger partial charge in [0, 0.05) is 11.8 Å². The van der Waals surface area contributed by atoms with E-state index in [0.717, 1.165) is 0 Å². The van der Waals surface area contributed by atoms with E-state index in [1.165, 1.54) is 25.3 Å². The molecule has 102 valence electrons. The number of nitrogens with one attached hydrogen (secondary N) is 1. The number of nitrogens with zero attached hydrogens (tertiary/aromatic N) is 1. The van der Waals surface area contributed by atoms with Crippen LogP contribution in [0.4, 0.5) is 11.4 Å². The van der Waals surface area contributed by atoms with E-state index in [4.69, 9.17) is 4.74 Å². The molecule has 0 radical (unpaired) electrons. The summed E-state index contributed by atoms with van der Waals surface area (Å²) >= 11 is 0. The van der Waals surface area contributed by atoms with Gasteiger partial charge in [0.2, 0.25) is 0 Å². The Kier molecular flexibility index (Phi) is 3.95. The molecular weight excluding hydrogens is 260 g/mol. The van der Waals surface area contributed by atoms with E-state index in [1.807, 2.05) is 6.07 Å². The number of hydrogen-bond acceptors (Lipinski definition) is 4. The molecular formula is C14H12N2O4. The first kappa shape index (κ1) is 13.5. The van der Waals surface area contributed by atoms with E-state index in [9.17, 15) is 14.9 Å². The predicted octanol–water partition coefficient (Wildman–Crippen LogP) is 2.86. The average Bonchev–Trinajstić information content (AvgIpc) is 2.47. The Morgan fingerprint density at radius 2 is 1.90 bits per heavy atom. The molecule has 6 nitrogen and oxygen atoms in total. The van der Waals surface area contributed by atoms with Crippen LogP contribution in [0.1, 0.15) is 10.4 Å². The second-order valence-corrected chi connectivity index (χ2v) is 3.96. The van der Waals surface area contributed by atoms with Crippen molar-refractivity contribution in [3.05, 3.63) is 64.2 Å². The zero-order chi connectivity index (χ0) is 14.5. The van der Waals surface area contributed by atoms with Gasteiger partial charge >= 0.3 is 0 Å². The molecule has 0 saturated heterocycles. The molecule has 1 N–H and O–H groups in total. The lowest BCUT2D eigenvalue weighted by Crippen LogP contribution is -2.14. The van der Waals surface area contributed by atoms with Crippen LogP contribution in [0.3, 0.4) is 0 Å². The molecule has 0 atom stereocenters. The maximum absolute atomic E-state index is 12.1. The number of nitro groups is 1. The maximum atomic E-state index is 12.1. The van der Waals surface area contributed by atoms with Crippen LogP contribution in [0, 0.1) is 10.1 Å². The van der Waals surface area contributed by atoms with Crippen molar-refractivity contribution in [2.24, 2.45) is 0 Å². The number of nitro benzene ring substituents is 1. The van der Waals surface area contributed by atoms with E-state index in [0.29, 0.717) is 11.4 Å². The predicted molar refractivity (Wildman–Crippen MR) is 74.0 cm³/mol. The number of methoxy groups -OCH3 is 1. The third-order valence-electron chi connectivity index (χ3n) is 2.68. The van der Waals surface area contributed by atoms with Crippen molar-refractivity contribution in [3.63, 3.8) is 0 Å². The normalized spacial score (nSPS) is 9.85. The molecule has 0 aliphatic rings. The summed E-state index contributed by atoms with van der Waals surface area (Å²) in [6.07, 6.45) is 0. The van der Waals surface area contributed by atoms with Gasteiger partial charge in [0.25, 0.3) is 11.6 Å². The van der Waals surface area contributed by atoms with Crippen LogP contribution in [0.25, 0.3) is 0 Å². The number of anilines is 1. The highest BCUT2D eigenvalue weighted by atomic mass is 16.6. The fourth-order valence-electron chi connectivity index (χ4n) is 1.70. The van der Waals surface area contributed by atoms with Crippen molar-refractivity contribution in [3.8, 4) is 5.75 Å². The van der Waals surface area contributed by atoms with Crippen LogP contribution in [0.15, 0.2) is 48.5 Å². The first-order valence-electron chi connectivity index (χ1n) is 5.80. The molecule has 0 unspecified atom stereocenters. The third-order valence-corrected chi connectivity index (χ3v) is 2.68. The summed E-state index contributed by atoms with van der Waals surface area (Å²) in [7, 11) is 1.43. The molecule has 2 aromatic rings. The lowest BCUT2D eigenvalue weighted by atomic mass is 10.1. The summed E-state index contributed by atoms with van der Waals surface area (Å²) in [5.74, 6) is -0.171. The molecule has 0 aliphatic heterocycles. The number of para-hydroxylation sites is 1. The largest absolute Gasteiger partial charge is 0.497 e. The Hall–Kier alpha value is -2.89. The molecule has 0 spiro atoms. The molecule has 20 heavy (non-hydrogen) atoms. The van der Waals surface area contributed by atoms with Crippen LogP contribution in [0.2, 0.25) is 0 Å². The topological polar surface area (TPSA) is 81.5 Å². The summed E-state index contributed by atoms with van der Waals surface area (Å²) in [5, 5.41) is 13.6. The molecule has 0 aliphatic carbocycles. The molecule has 0 saturated carbocycles. The van der Waals surface area contributed by atoms with Crippen LogP contribution in [-0.2, 0) is 0 Å². The maximum Gasteiger partial charge on any atom is 0.282 e. The Morgan fingerprint density at radius 3 is 2.50 bits per heavy atom. The SMILES string of the molecule is COc1ccc([N+](=O)[O-])c(C(=O)Nc2ccccc2)c1. The molecule has 6 heteroatoms.